The van der Waals surface area contributed by atoms with Crippen molar-refractivity contribution in [3.8, 4) is 5.75 Å². The highest BCUT2D eigenvalue weighted by Crippen LogP contribution is 2.17. The van der Waals surface area contributed by atoms with E-state index in [0.29, 0.717) is 6.42 Å². The fraction of sp³-hybridized carbons (Fsp3) is 0.611. The maximum Gasteiger partial charge on any atom is 0.224 e. The molecular formula is C18H28N2O2. The van der Waals surface area contributed by atoms with Crippen molar-refractivity contribution in [3.63, 3.8) is 0 Å². The average Bonchev–Trinajstić information content (AvgIpc) is 2.54. The SMILES string of the molecule is COc1ccccc1CC(=O)NCCCN1CCC(C)CC1. The molecule has 1 saturated heterocycles. The van der Waals surface area contributed by atoms with Gasteiger partial charge in [-0.1, -0.05) is 25.1 Å². The van der Waals surface area contributed by atoms with Crippen LogP contribution in [0.5, 0.6) is 5.75 Å². The van der Waals surface area contributed by atoms with Crippen molar-refractivity contribution in [2.75, 3.05) is 33.3 Å². The Kier molecular flexibility index (Phi) is 6.72. The number of benzene rings is 1. The number of para-hydroxylation sites is 1. The molecule has 122 valence electrons. The molecule has 0 spiro atoms. The Hall–Kier alpha value is -1.55. The van der Waals surface area contributed by atoms with Gasteiger partial charge in [-0.3, -0.25) is 4.79 Å². The van der Waals surface area contributed by atoms with E-state index in [1.807, 2.05) is 24.3 Å². The number of nitrogens with one attached hydrogen (secondary N) is 1. The zero-order valence-corrected chi connectivity index (χ0v) is 13.8. The molecule has 1 aliphatic rings. The molecule has 1 N–H and O–H groups in total. The quantitative estimate of drug-likeness (QED) is 0.787. The molecular weight excluding hydrogens is 276 g/mol. The minimum Gasteiger partial charge on any atom is -0.496 e. The first-order chi connectivity index (χ1) is 10.7. The second-order valence-electron chi connectivity index (χ2n) is 6.22. The molecule has 1 heterocycles. The van der Waals surface area contributed by atoms with Gasteiger partial charge >= 0.3 is 0 Å². The standard InChI is InChI=1S/C18H28N2O2/c1-15-8-12-20(13-9-15)11-5-10-19-18(21)14-16-6-3-4-7-17(16)22-2/h3-4,6-7,15H,5,8-14H2,1-2H3,(H,19,21). The van der Waals surface area contributed by atoms with Crippen LogP contribution in [0.1, 0.15) is 31.7 Å². The summed E-state index contributed by atoms with van der Waals surface area (Å²) >= 11 is 0. The summed E-state index contributed by atoms with van der Waals surface area (Å²) in [6.07, 6.45) is 4.01. The summed E-state index contributed by atoms with van der Waals surface area (Å²) in [5.41, 5.74) is 0.938. The summed E-state index contributed by atoms with van der Waals surface area (Å²) in [4.78, 5) is 14.5. The molecule has 1 aromatic rings. The molecule has 22 heavy (non-hydrogen) atoms. The number of hydrogen-bond acceptors (Lipinski definition) is 3. The molecule has 0 unspecified atom stereocenters. The fourth-order valence-electron chi connectivity index (χ4n) is 2.90. The lowest BCUT2D eigenvalue weighted by Gasteiger charge is -2.30. The number of amides is 1. The van der Waals surface area contributed by atoms with E-state index >= 15 is 0 Å². The highest BCUT2D eigenvalue weighted by atomic mass is 16.5. The average molecular weight is 304 g/mol. The van der Waals surface area contributed by atoms with Gasteiger partial charge in [0.15, 0.2) is 0 Å². The van der Waals surface area contributed by atoms with Crippen molar-refractivity contribution in [1.29, 1.82) is 0 Å². The van der Waals surface area contributed by atoms with Gasteiger partial charge in [-0.15, -0.1) is 0 Å². The Morgan fingerprint density at radius 2 is 2.05 bits per heavy atom. The highest BCUT2D eigenvalue weighted by molar-refractivity contribution is 5.79. The molecule has 1 aromatic carbocycles. The van der Waals surface area contributed by atoms with Crippen LogP contribution in [0.25, 0.3) is 0 Å². The number of ether oxygens (including phenoxy) is 1. The molecule has 1 amide bonds. The zero-order valence-electron chi connectivity index (χ0n) is 13.8. The second-order valence-corrected chi connectivity index (χ2v) is 6.22. The molecule has 1 fully saturated rings. The molecule has 1 aliphatic heterocycles. The highest BCUT2D eigenvalue weighted by Gasteiger charge is 2.15. The topological polar surface area (TPSA) is 41.6 Å². The van der Waals surface area contributed by atoms with Crippen LogP contribution in [0.15, 0.2) is 24.3 Å². The van der Waals surface area contributed by atoms with Crippen LogP contribution < -0.4 is 10.1 Å². The Balaban J connectivity index is 1.63. The van der Waals surface area contributed by atoms with E-state index < -0.39 is 0 Å². The van der Waals surface area contributed by atoms with Crippen LogP contribution in [0.4, 0.5) is 0 Å². The molecule has 0 bridgehead atoms. The Bertz CT molecular complexity index is 468. The van der Waals surface area contributed by atoms with Crippen LogP contribution in [0.2, 0.25) is 0 Å². The van der Waals surface area contributed by atoms with E-state index in [2.05, 4.69) is 17.1 Å². The number of carbonyl (C=O) groups excluding carboxylic acids is 1. The number of piperidine rings is 1. The van der Waals surface area contributed by atoms with Crippen molar-refractivity contribution >= 4 is 5.91 Å². The van der Waals surface area contributed by atoms with Crippen molar-refractivity contribution in [3.05, 3.63) is 29.8 Å². The van der Waals surface area contributed by atoms with E-state index in [1.165, 1.54) is 25.9 Å². The van der Waals surface area contributed by atoms with Crippen molar-refractivity contribution in [1.82, 2.24) is 10.2 Å². The van der Waals surface area contributed by atoms with Gasteiger partial charge in [0.2, 0.25) is 5.91 Å². The van der Waals surface area contributed by atoms with Gasteiger partial charge in [0, 0.05) is 12.1 Å². The third-order valence-corrected chi connectivity index (χ3v) is 4.39. The van der Waals surface area contributed by atoms with Crippen LogP contribution in [0.3, 0.4) is 0 Å². The van der Waals surface area contributed by atoms with Gasteiger partial charge in [0.25, 0.3) is 0 Å². The normalized spacial score (nSPS) is 16.5. The van der Waals surface area contributed by atoms with Crippen LogP contribution >= 0.6 is 0 Å². The van der Waals surface area contributed by atoms with Gasteiger partial charge < -0.3 is 15.0 Å². The smallest absolute Gasteiger partial charge is 0.224 e. The predicted molar refractivity (Wildman–Crippen MR) is 89.2 cm³/mol. The molecule has 0 radical (unpaired) electrons. The zero-order chi connectivity index (χ0) is 15.8. The molecule has 4 nitrogen and oxygen atoms in total. The molecule has 2 rings (SSSR count). The summed E-state index contributed by atoms with van der Waals surface area (Å²) in [6, 6.07) is 7.68. The third-order valence-electron chi connectivity index (χ3n) is 4.39. The Labute approximate surface area is 133 Å². The first-order valence-corrected chi connectivity index (χ1v) is 8.30. The molecule has 0 saturated carbocycles. The van der Waals surface area contributed by atoms with Crippen molar-refractivity contribution in [2.24, 2.45) is 5.92 Å². The van der Waals surface area contributed by atoms with Gasteiger partial charge in [0.05, 0.1) is 13.5 Å². The summed E-state index contributed by atoms with van der Waals surface area (Å²) in [5, 5.41) is 3.01. The lowest BCUT2D eigenvalue weighted by atomic mass is 9.99. The number of rotatable bonds is 7. The first kappa shape index (κ1) is 16.8. The van der Waals surface area contributed by atoms with E-state index in [1.54, 1.807) is 7.11 Å². The van der Waals surface area contributed by atoms with Crippen molar-refractivity contribution < 1.29 is 9.53 Å². The minimum atomic E-state index is 0.0665. The fourth-order valence-corrected chi connectivity index (χ4v) is 2.90. The van der Waals surface area contributed by atoms with Crippen LogP contribution in [-0.2, 0) is 11.2 Å². The lowest BCUT2D eigenvalue weighted by molar-refractivity contribution is -0.120. The second kappa shape index (κ2) is 8.79. The van der Waals surface area contributed by atoms with Crippen LogP contribution in [-0.4, -0.2) is 44.1 Å². The monoisotopic (exact) mass is 304 g/mol. The summed E-state index contributed by atoms with van der Waals surface area (Å²) < 4.78 is 5.27. The van der Waals surface area contributed by atoms with E-state index in [9.17, 15) is 4.79 Å². The molecule has 4 heteroatoms. The van der Waals surface area contributed by atoms with Gasteiger partial charge in [-0.2, -0.15) is 0 Å². The number of hydrogen-bond donors (Lipinski definition) is 1. The largest absolute Gasteiger partial charge is 0.496 e. The van der Waals surface area contributed by atoms with Crippen LogP contribution in [0, 0.1) is 5.92 Å². The number of nitrogens with zero attached hydrogens (tertiary/aromatic N) is 1. The van der Waals surface area contributed by atoms with E-state index in [-0.39, 0.29) is 5.91 Å². The predicted octanol–water partition coefficient (Wildman–Crippen LogP) is 2.48. The maximum atomic E-state index is 12.0. The molecule has 0 aliphatic carbocycles. The van der Waals surface area contributed by atoms with Gasteiger partial charge in [0.1, 0.15) is 5.75 Å². The van der Waals surface area contributed by atoms with Crippen molar-refractivity contribution in [2.45, 2.75) is 32.6 Å². The maximum absolute atomic E-state index is 12.0. The first-order valence-electron chi connectivity index (χ1n) is 8.30. The molecule has 0 aromatic heterocycles. The van der Waals surface area contributed by atoms with Gasteiger partial charge in [-0.05, 0) is 50.9 Å². The summed E-state index contributed by atoms with van der Waals surface area (Å²) in [7, 11) is 1.64. The number of carbonyl (C=O) groups is 1. The Morgan fingerprint density at radius 3 is 2.77 bits per heavy atom. The third kappa shape index (κ3) is 5.34. The summed E-state index contributed by atoms with van der Waals surface area (Å²) in [5.74, 6) is 1.72. The lowest BCUT2D eigenvalue weighted by Crippen LogP contribution is -2.35. The summed E-state index contributed by atoms with van der Waals surface area (Å²) in [6.45, 7) is 6.57. The number of methoxy groups -OCH3 is 1. The molecule has 0 atom stereocenters. The minimum absolute atomic E-state index is 0.0665. The Morgan fingerprint density at radius 1 is 1.32 bits per heavy atom. The van der Waals surface area contributed by atoms with E-state index in [0.717, 1.165) is 36.7 Å². The van der Waals surface area contributed by atoms with E-state index in [4.69, 9.17) is 4.74 Å². The number of likely N-dealkylation sites (tertiary alicyclic amines) is 1. The van der Waals surface area contributed by atoms with Gasteiger partial charge in [-0.25, -0.2) is 0 Å².